The molecule has 35 heavy (non-hydrogen) atoms. The first kappa shape index (κ1) is 25.1. The summed E-state index contributed by atoms with van der Waals surface area (Å²) in [5.41, 5.74) is 2.04. The Morgan fingerprint density at radius 2 is 1.60 bits per heavy atom. The number of fused-ring (bicyclic) bond motifs is 1. The number of carbonyl (C=O) groups is 2. The number of anilines is 1. The minimum Gasteiger partial charge on any atom is -0.372 e. The summed E-state index contributed by atoms with van der Waals surface area (Å²) in [5, 5.41) is 9.43. The van der Waals surface area contributed by atoms with Crippen LogP contribution in [0.3, 0.4) is 0 Å². The Morgan fingerprint density at radius 1 is 0.971 bits per heavy atom. The zero-order chi connectivity index (χ0) is 25.1. The number of likely N-dealkylation sites (N-methyl/N-ethyl adjacent to an activating group) is 2. The Balaban J connectivity index is 1.53. The van der Waals surface area contributed by atoms with Crippen LogP contribution in [-0.2, 0) is 9.59 Å². The maximum atomic E-state index is 12.8. The van der Waals surface area contributed by atoms with E-state index in [4.69, 9.17) is 12.2 Å². The van der Waals surface area contributed by atoms with Gasteiger partial charge in [-0.05, 0) is 76.3 Å². The summed E-state index contributed by atoms with van der Waals surface area (Å²) in [6, 6.07) is 9.90. The molecule has 0 unspecified atom stereocenters. The highest BCUT2D eigenvalue weighted by Gasteiger charge is 2.37. The van der Waals surface area contributed by atoms with Gasteiger partial charge in [-0.25, -0.2) is 4.98 Å². The second kappa shape index (κ2) is 10.7. The predicted octanol–water partition coefficient (Wildman–Crippen LogP) is 6.00. The molecule has 0 saturated carbocycles. The van der Waals surface area contributed by atoms with E-state index < -0.39 is 0 Å². The molecule has 0 atom stereocenters. The lowest BCUT2D eigenvalue weighted by atomic mass is 10.1. The Hall–Kier alpha value is -3.02. The third-order valence-corrected chi connectivity index (χ3v) is 8.09. The molecule has 1 aromatic carbocycles. The summed E-state index contributed by atoms with van der Waals surface area (Å²) in [5.74, 6) is -0.725. The van der Waals surface area contributed by atoms with Gasteiger partial charge in [0.25, 0.3) is 11.8 Å². The van der Waals surface area contributed by atoms with Crippen molar-refractivity contribution in [2.24, 2.45) is 10.2 Å². The lowest BCUT2D eigenvalue weighted by Crippen LogP contribution is -2.55. The molecule has 182 valence electrons. The van der Waals surface area contributed by atoms with Crippen molar-refractivity contribution in [2.75, 3.05) is 31.1 Å². The molecule has 0 bridgehead atoms. The fraction of sp³-hybridized carbons (Fsp3) is 0.333. The smallest absolute Gasteiger partial charge is 0.265 e. The molecule has 0 radical (unpaired) electrons. The van der Waals surface area contributed by atoms with E-state index in [1.54, 1.807) is 6.08 Å². The quantitative estimate of drug-likeness (QED) is 0.156. The topological polar surface area (TPSA) is 81.5 Å². The van der Waals surface area contributed by atoms with Crippen LogP contribution in [0.25, 0.3) is 15.6 Å². The van der Waals surface area contributed by atoms with Crippen LogP contribution in [0.15, 0.2) is 46.1 Å². The molecule has 4 rings (SSSR count). The van der Waals surface area contributed by atoms with E-state index in [0.29, 0.717) is 18.2 Å². The van der Waals surface area contributed by atoms with Gasteiger partial charge in [-0.1, -0.05) is 11.3 Å². The van der Waals surface area contributed by atoms with Crippen molar-refractivity contribution in [1.29, 1.82) is 0 Å². The summed E-state index contributed by atoms with van der Waals surface area (Å²) in [4.78, 5) is 37.0. The van der Waals surface area contributed by atoms with Crippen molar-refractivity contribution in [2.45, 2.75) is 27.7 Å². The SMILES string of the molecule is CCN1C(=O)C(=Cc2cc3sc(N=Nc4ccc(N(CC)CC)cc4)nc3s2)C(=O)N(CC)C1=S. The first-order chi connectivity index (χ1) is 16.9. The molecule has 11 heteroatoms. The molecule has 0 aliphatic carbocycles. The Labute approximate surface area is 217 Å². The molecule has 3 aromatic rings. The van der Waals surface area contributed by atoms with E-state index in [9.17, 15) is 9.59 Å². The number of amides is 2. The molecule has 1 aliphatic rings. The van der Waals surface area contributed by atoms with Gasteiger partial charge in [0.05, 0.1) is 10.4 Å². The van der Waals surface area contributed by atoms with Gasteiger partial charge in [-0.3, -0.25) is 19.4 Å². The van der Waals surface area contributed by atoms with Gasteiger partial charge in [0.2, 0.25) is 5.13 Å². The Morgan fingerprint density at radius 3 is 2.14 bits per heavy atom. The van der Waals surface area contributed by atoms with Crippen molar-refractivity contribution < 1.29 is 9.59 Å². The number of hydrogen-bond donors (Lipinski definition) is 0. The van der Waals surface area contributed by atoms with E-state index in [1.165, 1.54) is 32.5 Å². The average molecular weight is 527 g/mol. The van der Waals surface area contributed by atoms with Gasteiger partial charge in [0, 0.05) is 36.7 Å². The number of aromatic nitrogens is 1. The molecule has 1 saturated heterocycles. The number of thiazole rings is 1. The number of thiophene rings is 1. The van der Waals surface area contributed by atoms with Gasteiger partial charge in [0.15, 0.2) is 5.11 Å². The van der Waals surface area contributed by atoms with E-state index in [0.717, 1.165) is 38.9 Å². The van der Waals surface area contributed by atoms with E-state index in [1.807, 2.05) is 44.2 Å². The van der Waals surface area contributed by atoms with Crippen LogP contribution in [-0.4, -0.2) is 57.9 Å². The average Bonchev–Trinajstić information content (AvgIpc) is 3.41. The Bertz CT molecular complexity index is 1260. The standard InChI is InChI=1S/C24H26N6O2S3/c1-5-28(6-2)16-11-9-15(10-12-16)26-27-23-25-20-19(35-23)14-17(34-20)13-18-21(31)29(7-3)24(33)30(8-4)22(18)32/h9-14H,5-8H2,1-4H3. The molecule has 2 amide bonds. The maximum absolute atomic E-state index is 12.8. The van der Waals surface area contributed by atoms with Crippen molar-refractivity contribution in [3.05, 3.63) is 40.8 Å². The van der Waals surface area contributed by atoms with Gasteiger partial charge in [-0.2, -0.15) is 0 Å². The van der Waals surface area contributed by atoms with Gasteiger partial charge in [0.1, 0.15) is 10.4 Å². The Kier molecular flexibility index (Phi) is 7.68. The number of thiocarbonyl (C=S) groups is 1. The molecule has 1 aliphatic heterocycles. The second-order valence-electron chi connectivity index (χ2n) is 7.64. The first-order valence-electron chi connectivity index (χ1n) is 11.5. The van der Waals surface area contributed by atoms with Gasteiger partial charge in [-0.15, -0.1) is 21.6 Å². The van der Waals surface area contributed by atoms with E-state index in [-0.39, 0.29) is 22.5 Å². The molecule has 0 N–H and O–H groups in total. The van der Waals surface area contributed by atoms with E-state index in [2.05, 4.69) is 34.0 Å². The highest BCUT2D eigenvalue weighted by atomic mass is 32.1. The molecule has 1 fully saturated rings. The fourth-order valence-electron chi connectivity index (χ4n) is 3.80. The molecule has 8 nitrogen and oxygen atoms in total. The van der Waals surface area contributed by atoms with Crippen molar-refractivity contribution >= 4 is 83.9 Å². The summed E-state index contributed by atoms with van der Waals surface area (Å²) in [6.07, 6.45) is 1.63. The van der Waals surface area contributed by atoms with Crippen LogP contribution in [0.2, 0.25) is 0 Å². The molecular formula is C24H26N6O2S3. The second-order valence-corrected chi connectivity index (χ2v) is 10.1. The van der Waals surface area contributed by atoms with Gasteiger partial charge >= 0.3 is 0 Å². The van der Waals surface area contributed by atoms with Crippen molar-refractivity contribution in [3.63, 3.8) is 0 Å². The summed E-state index contributed by atoms with van der Waals surface area (Å²) < 4.78 is 0.929. The minimum atomic E-state index is -0.363. The lowest BCUT2D eigenvalue weighted by molar-refractivity contribution is -0.133. The number of azo groups is 1. The summed E-state index contributed by atoms with van der Waals surface area (Å²) >= 11 is 8.14. The third-order valence-electron chi connectivity index (χ3n) is 5.66. The fourth-order valence-corrected chi connectivity index (χ4v) is 6.21. The first-order valence-corrected chi connectivity index (χ1v) is 13.5. The van der Waals surface area contributed by atoms with Crippen LogP contribution in [0, 0.1) is 0 Å². The molecule has 0 spiro atoms. The predicted molar refractivity (Wildman–Crippen MR) is 147 cm³/mol. The zero-order valence-electron chi connectivity index (χ0n) is 20.0. The number of carbonyl (C=O) groups excluding carboxylic acids is 2. The highest BCUT2D eigenvalue weighted by Crippen LogP contribution is 2.36. The zero-order valence-corrected chi connectivity index (χ0v) is 22.5. The van der Waals surface area contributed by atoms with Crippen molar-refractivity contribution in [3.8, 4) is 0 Å². The lowest BCUT2D eigenvalue weighted by Gasteiger charge is -2.35. The highest BCUT2D eigenvalue weighted by molar-refractivity contribution is 7.80. The monoisotopic (exact) mass is 526 g/mol. The number of benzene rings is 1. The molecule has 2 aromatic heterocycles. The maximum Gasteiger partial charge on any atom is 0.265 e. The van der Waals surface area contributed by atoms with Crippen LogP contribution >= 0.6 is 34.9 Å². The van der Waals surface area contributed by atoms with Crippen molar-refractivity contribution in [1.82, 2.24) is 14.8 Å². The minimum absolute atomic E-state index is 0.115. The van der Waals surface area contributed by atoms with Gasteiger partial charge < -0.3 is 4.90 Å². The normalized spacial score (nSPS) is 14.6. The van der Waals surface area contributed by atoms with Crippen LogP contribution in [0.5, 0.6) is 0 Å². The number of hydrogen-bond acceptors (Lipinski definition) is 9. The summed E-state index contributed by atoms with van der Waals surface area (Å²) in [7, 11) is 0. The number of rotatable bonds is 8. The van der Waals surface area contributed by atoms with E-state index >= 15 is 0 Å². The number of nitrogens with zero attached hydrogens (tertiary/aromatic N) is 6. The van der Waals surface area contributed by atoms with Crippen LogP contribution in [0.4, 0.5) is 16.5 Å². The molecule has 3 heterocycles. The van der Waals surface area contributed by atoms with Crippen LogP contribution < -0.4 is 4.90 Å². The third kappa shape index (κ3) is 5.02. The largest absolute Gasteiger partial charge is 0.372 e. The van der Waals surface area contributed by atoms with Crippen LogP contribution in [0.1, 0.15) is 32.6 Å². The summed E-state index contributed by atoms with van der Waals surface area (Å²) in [6.45, 7) is 10.7. The molecular weight excluding hydrogens is 501 g/mol.